The minimum absolute atomic E-state index is 0.441. The normalized spacial score (nSPS) is 12.0. The number of aryl methyl sites for hydroxylation is 1. The van der Waals surface area contributed by atoms with Gasteiger partial charge in [-0.2, -0.15) is 0 Å². The van der Waals surface area contributed by atoms with E-state index in [-0.39, 0.29) is 0 Å². The van der Waals surface area contributed by atoms with Crippen molar-refractivity contribution in [2.75, 3.05) is 13.1 Å². The fourth-order valence-electron chi connectivity index (χ4n) is 2.10. The van der Waals surface area contributed by atoms with E-state index in [1.807, 2.05) is 6.92 Å². The molecule has 0 fully saturated rings. The van der Waals surface area contributed by atoms with Gasteiger partial charge in [0.15, 0.2) is 0 Å². The second-order valence-corrected chi connectivity index (χ2v) is 8.34. The zero-order chi connectivity index (χ0) is 15.7. The van der Waals surface area contributed by atoms with Crippen molar-refractivity contribution in [3.05, 3.63) is 15.8 Å². The molecule has 1 aromatic heterocycles. The largest absolute Gasteiger partial charge is 0.312 e. The van der Waals surface area contributed by atoms with E-state index >= 15 is 0 Å². The van der Waals surface area contributed by atoms with Gasteiger partial charge in [0.2, 0.25) is 10.0 Å². The maximum atomic E-state index is 12.3. The Morgan fingerprint density at radius 1 is 1.10 bits per heavy atom. The lowest BCUT2D eigenvalue weighted by Crippen LogP contribution is -2.25. The molecule has 2 N–H and O–H groups in total. The molecule has 0 unspecified atom stereocenters. The topological polar surface area (TPSA) is 58.2 Å². The minimum Gasteiger partial charge on any atom is -0.312 e. The van der Waals surface area contributed by atoms with Crippen LogP contribution < -0.4 is 10.0 Å². The molecular formula is C15H28N2O2S2. The maximum absolute atomic E-state index is 12.3. The Morgan fingerprint density at radius 3 is 2.52 bits per heavy atom. The van der Waals surface area contributed by atoms with Crippen LogP contribution in [0.15, 0.2) is 11.0 Å². The summed E-state index contributed by atoms with van der Waals surface area (Å²) in [6.45, 7) is 8.36. The van der Waals surface area contributed by atoms with Gasteiger partial charge in [-0.05, 0) is 32.4 Å². The van der Waals surface area contributed by atoms with Gasteiger partial charge in [0.1, 0.15) is 0 Å². The molecule has 1 heterocycles. The van der Waals surface area contributed by atoms with Crippen LogP contribution in [0.4, 0.5) is 0 Å². The Kier molecular flexibility index (Phi) is 8.48. The van der Waals surface area contributed by atoms with Crippen molar-refractivity contribution in [1.29, 1.82) is 0 Å². The zero-order valence-electron chi connectivity index (χ0n) is 13.4. The molecule has 4 nitrogen and oxygen atoms in total. The summed E-state index contributed by atoms with van der Waals surface area (Å²) in [6.07, 6.45) is 5.38. The van der Waals surface area contributed by atoms with Gasteiger partial charge in [-0.1, -0.05) is 33.1 Å². The molecule has 0 spiro atoms. The van der Waals surface area contributed by atoms with E-state index in [0.29, 0.717) is 11.4 Å². The number of rotatable bonds is 11. The molecule has 0 saturated carbocycles. The molecule has 0 saturated heterocycles. The van der Waals surface area contributed by atoms with Gasteiger partial charge in [-0.15, -0.1) is 11.3 Å². The van der Waals surface area contributed by atoms with Gasteiger partial charge in [0.05, 0.1) is 4.90 Å². The van der Waals surface area contributed by atoms with Crippen LogP contribution in [-0.4, -0.2) is 21.5 Å². The van der Waals surface area contributed by atoms with Gasteiger partial charge in [0, 0.05) is 22.8 Å². The van der Waals surface area contributed by atoms with Crippen molar-refractivity contribution in [3.63, 3.8) is 0 Å². The molecule has 1 rings (SSSR count). The maximum Gasteiger partial charge on any atom is 0.241 e. The molecule has 21 heavy (non-hydrogen) atoms. The zero-order valence-corrected chi connectivity index (χ0v) is 15.0. The summed E-state index contributed by atoms with van der Waals surface area (Å²) in [5.41, 5.74) is 0. The highest BCUT2D eigenvalue weighted by Crippen LogP contribution is 2.25. The van der Waals surface area contributed by atoms with E-state index in [0.717, 1.165) is 54.9 Å². The Hall–Kier alpha value is -0.430. The number of thiophene rings is 1. The summed E-state index contributed by atoms with van der Waals surface area (Å²) in [5.74, 6) is 0. The molecule has 0 aliphatic carbocycles. The average Bonchev–Trinajstić information content (AvgIpc) is 2.81. The number of sulfonamides is 1. The van der Waals surface area contributed by atoms with E-state index in [2.05, 4.69) is 23.9 Å². The first-order valence-electron chi connectivity index (χ1n) is 7.81. The summed E-state index contributed by atoms with van der Waals surface area (Å²) >= 11 is 1.56. The molecule has 0 atom stereocenters. The van der Waals surface area contributed by atoms with E-state index < -0.39 is 10.0 Å². The highest BCUT2D eigenvalue weighted by Gasteiger charge is 2.19. The van der Waals surface area contributed by atoms with Crippen molar-refractivity contribution >= 4 is 21.4 Å². The summed E-state index contributed by atoms with van der Waals surface area (Å²) in [5, 5.41) is 3.30. The average molecular weight is 333 g/mol. The number of unbranched alkanes of at least 4 members (excludes halogenated alkanes) is 3. The first-order chi connectivity index (χ1) is 10.0. The first-order valence-corrected chi connectivity index (χ1v) is 10.1. The molecule has 0 radical (unpaired) electrons. The second-order valence-electron chi connectivity index (χ2n) is 5.27. The van der Waals surface area contributed by atoms with Gasteiger partial charge in [0.25, 0.3) is 0 Å². The SMILES string of the molecule is CCCCCCNS(=O)(=O)c1cc(CNCCC)sc1C. The lowest BCUT2D eigenvalue weighted by molar-refractivity contribution is 0.573. The fraction of sp³-hybridized carbons (Fsp3) is 0.733. The van der Waals surface area contributed by atoms with Crippen molar-refractivity contribution in [2.45, 2.75) is 64.3 Å². The summed E-state index contributed by atoms with van der Waals surface area (Å²) in [4.78, 5) is 2.38. The van der Waals surface area contributed by atoms with Gasteiger partial charge in [-0.3, -0.25) is 0 Å². The molecule has 0 aliphatic heterocycles. The Morgan fingerprint density at radius 2 is 1.86 bits per heavy atom. The van der Waals surface area contributed by atoms with Crippen LogP contribution in [0.2, 0.25) is 0 Å². The lowest BCUT2D eigenvalue weighted by Gasteiger charge is -2.05. The quantitative estimate of drug-likeness (QED) is 0.611. The van der Waals surface area contributed by atoms with E-state index in [1.165, 1.54) is 0 Å². The molecule has 0 amide bonds. The third-order valence-electron chi connectivity index (χ3n) is 3.26. The standard InChI is InChI=1S/C15H28N2O2S2/c1-4-6-7-8-10-17-21(18,19)15-11-14(20-13(15)3)12-16-9-5-2/h11,16-17H,4-10,12H2,1-3H3. The van der Waals surface area contributed by atoms with Gasteiger partial charge >= 0.3 is 0 Å². The molecule has 122 valence electrons. The van der Waals surface area contributed by atoms with Gasteiger partial charge in [-0.25, -0.2) is 13.1 Å². The Labute approximate surface area is 133 Å². The molecule has 1 aromatic rings. The first kappa shape index (κ1) is 18.6. The van der Waals surface area contributed by atoms with Crippen LogP contribution in [0.25, 0.3) is 0 Å². The van der Waals surface area contributed by atoms with Gasteiger partial charge < -0.3 is 5.32 Å². The number of nitrogens with one attached hydrogen (secondary N) is 2. The molecule has 6 heteroatoms. The smallest absolute Gasteiger partial charge is 0.241 e. The number of hydrogen-bond acceptors (Lipinski definition) is 4. The minimum atomic E-state index is -3.36. The van der Waals surface area contributed by atoms with Crippen molar-refractivity contribution in [3.8, 4) is 0 Å². The predicted octanol–water partition coefficient (Wildman–Crippen LogP) is 3.41. The fourth-order valence-corrected chi connectivity index (χ4v) is 4.78. The van der Waals surface area contributed by atoms with E-state index in [9.17, 15) is 8.42 Å². The van der Waals surface area contributed by atoms with Crippen LogP contribution in [0.1, 0.15) is 55.7 Å². The Bertz CT molecular complexity index is 510. The second kappa shape index (κ2) is 9.56. The lowest BCUT2D eigenvalue weighted by atomic mass is 10.2. The van der Waals surface area contributed by atoms with E-state index in [1.54, 1.807) is 17.4 Å². The molecule has 0 aliphatic rings. The highest BCUT2D eigenvalue weighted by molar-refractivity contribution is 7.89. The van der Waals surface area contributed by atoms with Crippen LogP contribution in [0.5, 0.6) is 0 Å². The van der Waals surface area contributed by atoms with E-state index in [4.69, 9.17) is 0 Å². The summed E-state index contributed by atoms with van der Waals surface area (Å²) in [7, 11) is -3.36. The van der Waals surface area contributed by atoms with Crippen molar-refractivity contribution in [1.82, 2.24) is 10.0 Å². The highest BCUT2D eigenvalue weighted by atomic mass is 32.2. The Balaban J connectivity index is 2.57. The number of hydrogen-bond donors (Lipinski definition) is 2. The summed E-state index contributed by atoms with van der Waals surface area (Å²) < 4.78 is 27.3. The third kappa shape index (κ3) is 6.46. The molecular weight excluding hydrogens is 304 g/mol. The van der Waals surface area contributed by atoms with Crippen LogP contribution in [0, 0.1) is 6.92 Å². The third-order valence-corrected chi connectivity index (χ3v) is 6.03. The monoisotopic (exact) mass is 332 g/mol. The summed E-state index contributed by atoms with van der Waals surface area (Å²) in [6, 6.07) is 1.80. The van der Waals surface area contributed by atoms with Crippen LogP contribution >= 0.6 is 11.3 Å². The van der Waals surface area contributed by atoms with Crippen molar-refractivity contribution < 1.29 is 8.42 Å². The van der Waals surface area contributed by atoms with Crippen molar-refractivity contribution in [2.24, 2.45) is 0 Å². The molecule has 0 bridgehead atoms. The van der Waals surface area contributed by atoms with Crippen LogP contribution in [0.3, 0.4) is 0 Å². The van der Waals surface area contributed by atoms with Crippen LogP contribution in [-0.2, 0) is 16.6 Å². The molecule has 0 aromatic carbocycles. The predicted molar refractivity (Wildman–Crippen MR) is 90.4 cm³/mol.